The molecule has 1 aliphatic carbocycles. The maximum Gasteiger partial charge on any atom is 0.0482 e. The topological polar surface area (TPSA) is 6.48 Å². The second-order valence-corrected chi connectivity index (χ2v) is 13.3. The van der Waals surface area contributed by atoms with Crippen LogP contribution in [-0.2, 0) is 5.41 Å². The Kier molecular flexibility index (Phi) is 7.59. The summed E-state index contributed by atoms with van der Waals surface area (Å²) in [6.45, 7) is 4.67. The van der Waals surface area contributed by atoms with Gasteiger partial charge in [-0.15, -0.1) is 0 Å². The van der Waals surface area contributed by atoms with Crippen LogP contribution in [0.3, 0.4) is 0 Å². The summed E-state index contributed by atoms with van der Waals surface area (Å²) in [5.41, 5.74) is 14.0. The number of benzene rings is 7. The third-order valence-corrected chi connectivity index (χ3v) is 9.72. The molecule has 7 aromatic carbocycles. The quantitative estimate of drug-likeness (QED) is 0.171. The molecular weight excluding hydrogens is 604 g/mol. The number of nitrogens with zero attached hydrogens (tertiary/aromatic N) is 2. The van der Waals surface area contributed by atoms with Gasteiger partial charge in [-0.2, -0.15) is 0 Å². The van der Waals surface area contributed by atoms with Gasteiger partial charge in [-0.3, -0.25) is 0 Å². The SMILES string of the molecule is CC1(C)c2ccccc2-c2ccc(N(c3ccccc3)c3cccc(N(c4ccc(-c5ccccc5)cc4)c4cccc(Cl)c4)c3)cc21. The zero-order valence-corrected chi connectivity index (χ0v) is 27.8. The number of halogens is 1. The lowest BCUT2D eigenvalue weighted by Gasteiger charge is -2.30. The summed E-state index contributed by atoms with van der Waals surface area (Å²) in [6, 6.07) is 62.4. The summed E-state index contributed by atoms with van der Waals surface area (Å²) in [5.74, 6) is 0. The number of para-hydroxylation sites is 1. The number of hydrogen-bond acceptors (Lipinski definition) is 2. The molecule has 0 N–H and O–H groups in total. The predicted molar refractivity (Wildman–Crippen MR) is 204 cm³/mol. The summed E-state index contributed by atoms with van der Waals surface area (Å²) < 4.78 is 0. The largest absolute Gasteiger partial charge is 0.310 e. The van der Waals surface area contributed by atoms with Gasteiger partial charge >= 0.3 is 0 Å². The molecule has 232 valence electrons. The normalized spacial score (nSPS) is 12.6. The molecule has 48 heavy (non-hydrogen) atoms. The van der Waals surface area contributed by atoms with Crippen molar-refractivity contribution in [1.29, 1.82) is 0 Å². The fourth-order valence-electron chi connectivity index (χ4n) is 7.12. The second kappa shape index (κ2) is 12.2. The molecule has 0 saturated carbocycles. The molecule has 0 saturated heterocycles. The highest BCUT2D eigenvalue weighted by molar-refractivity contribution is 6.30. The van der Waals surface area contributed by atoms with Crippen LogP contribution in [0.25, 0.3) is 22.3 Å². The molecule has 2 nitrogen and oxygen atoms in total. The molecule has 7 aromatic rings. The summed E-state index contributed by atoms with van der Waals surface area (Å²) >= 11 is 6.58. The molecule has 0 heterocycles. The van der Waals surface area contributed by atoms with E-state index in [1.807, 2.05) is 24.3 Å². The van der Waals surface area contributed by atoms with E-state index in [2.05, 4.69) is 175 Å². The molecular formula is C45H35ClN2. The molecule has 0 aromatic heterocycles. The van der Waals surface area contributed by atoms with E-state index >= 15 is 0 Å². The van der Waals surface area contributed by atoms with Crippen LogP contribution in [-0.4, -0.2) is 0 Å². The zero-order chi connectivity index (χ0) is 32.7. The van der Waals surface area contributed by atoms with Gasteiger partial charge in [0, 0.05) is 44.6 Å². The van der Waals surface area contributed by atoms with E-state index in [4.69, 9.17) is 11.6 Å². The predicted octanol–water partition coefficient (Wildman–Crippen LogP) is 13.3. The highest BCUT2D eigenvalue weighted by Gasteiger charge is 2.35. The van der Waals surface area contributed by atoms with Crippen LogP contribution in [0.1, 0.15) is 25.0 Å². The lowest BCUT2D eigenvalue weighted by molar-refractivity contribution is 0.660. The molecule has 0 atom stereocenters. The van der Waals surface area contributed by atoms with Crippen molar-refractivity contribution < 1.29 is 0 Å². The van der Waals surface area contributed by atoms with Crippen molar-refractivity contribution >= 4 is 45.7 Å². The van der Waals surface area contributed by atoms with Crippen LogP contribution in [0.4, 0.5) is 34.1 Å². The minimum absolute atomic E-state index is 0.0958. The Morgan fingerprint density at radius 1 is 0.375 bits per heavy atom. The Morgan fingerprint density at radius 2 is 0.854 bits per heavy atom. The van der Waals surface area contributed by atoms with Crippen molar-refractivity contribution in [3.8, 4) is 22.3 Å². The van der Waals surface area contributed by atoms with Crippen molar-refractivity contribution in [2.45, 2.75) is 19.3 Å². The Morgan fingerprint density at radius 3 is 1.54 bits per heavy atom. The Balaban J connectivity index is 1.25. The molecule has 0 unspecified atom stereocenters. The summed E-state index contributed by atoms with van der Waals surface area (Å²) in [4.78, 5) is 4.63. The highest BCUT2D eigenvalue weighted by atomic mass is 35.5. The molecule has 8 rings (SSSR count). The van der Waals surface area contributed by atoms with Gasteiger partial charge in [0.1, 0.15) is 0 Å². The lowest BCUT2D eigenvalue weighted by Crippen LogP contribution is -2.17. The van der Waals surface area contributed by atoms with Gasteiger partial charge in [0.15, 0.2) is 0 Å². The summed E-state index contributed by atoms with van der Waals surface area (Å²) in [6.07, 6.45) is 0. The van der Waals surface area contributed by atoms with E-state index in [9.17, 15) is 0 Å². The molecule has 0 fully saturated rings. The van der Waals surface area contributed by atoms with E-state index in [1.165, 1.54) is 33.4 Å². The molecule has 1 aliphatic rings. The third-order valence-electron chi connectivity index (χ3n) is 9.48. The molecule has 3 heteroatoms. The van der Waals surface area contributed by atoms with E-state index in [1.54, 1.807) is 0 Å². The van der Waals surface area contributed by atoms with Crippen molar-refractivity contribution in [2.24, 2.45) is 0 Å². The van der Waals surface area contributed by atoms with E-state index in [-0.39, 0.29) is 5.41 Å². The highest BCUT2D eigenvalue weighted by Crippen LogP contribution is 2.51. The first-order valence-electron chi connectivity index (χ1n) is 16.4. The minimum atomic E-state index is -0.0958. The van der Waals surface area contributed by atoms with Gasteiger partial charge in [0.05, 0.1) is 0 Å². The molecule has 0 spiro atoms. The van der Waals surface area contributed by atoms with Gasteiger partial charge in [-0.1, -0.05) is 129 Å². The van der Waals surface area contributed by atoms with Crippen LogP contribution in [0, 0.1) is 0 Å². The summed E-state index contributed by atoms with van der Waals surface area (Å²) in [7, 11) is 0. The lowest BCUT2D eigenvalue weighted by atomic mass is 9.82. The van der Waals surface area contributed by atoms with Gasteiger partial charge < -0.3 is 9.80 Å². The average Bonchev–Trinajstić information content (AvgIpc) is 3.36. The molecule has 0 aliphatic heterocycles. The van der Waals surface area contributed by atoms with Crippen LogP contribution < -0.4 is 9.80 Å². The van der Waals surface area contributed by atoms with Crippen molar-refractivity contribution in [2.75, 3.05) is 9.80 Å². The Labute approximate surface area is 288 Å². The van der Waals surface area contributed by atoms with Crippen LogP contribution in [0.15, 0.2) is 176 Å². The van der Waals surface area contributed by atoms with Gasteiger partial charge in [0.25, 0.3) is 0 Å². The number of fused-ring (bicyclic) bond motifs is 3. The van der Waals surface area contributed by atoms with Crippen LogP contribution in [0.2, 0.25) is 5.02 Å². The third kappa shape index (κ3) is 5.35. The number of rotatable bonds is 7. The Bertz CT molecular complexity index is 2220. The van der Waals surface area contributed by atoms with Gasteiger partial charge in [0.2, 0.25) is 0 Å². The maximum absolute atomic E-state index is 6.58. The Hall–Kier alpha value is -5.57. The van der Waals surface area contributed by atoms with Gasteiger partial charge in [-0.05, 0) is 106 Å². The first-order valence-corrected chi connectivity index (χ1v) is 16.8. The van der Waals surface area contributed by atoms with Crippen molar-refractivity contribution in [1.82, 2.24) is 0 Å². The first-order chi connectivity index (χ1) is 23.5. The minimum Gasteiger partial charge on any atom is -0.310 e. The van der Waals surface area contributed by atoms with E-state index < -0.39 is 0 Å². The van der Waals surface area contributed by atoms with Crippen LogP contribution in [0.5, 0.6) is 0 Å². The fourth-order valence-corrected chi connectivity index (χ4v) is 7.31. The number of anilines is 6. The molecule has 0 radical (unpaired) electrons. The fraction of sp³-hybridized carbons (Fsp3) is 0.0667. The van der Waals surface area contributed by atoms with E-state index in [0.717, 1.165) is 34.1 Å². The smallest absolute Gasteiger partial charge is 0.0482 e. The average molecular weight is 639 g/mol. The summed E-state index contributed by atoms with van der Waals surface area (Å²) in [5, 5.41) is 0.697. The van der Waals surface area contributed by atoms with Gasteiger partial charge in [-0.25, -0.2) is 0 Å². The molecule has 0 bridgehead atoms. The van der Waals surface area contributed by atoms with E-state index in [0.29, 0.717) is 5.02 Å². The maximum atomic E-state index is 6.58. The zero-order valence-electron chi connectivity index (χ0n) is 27.0. The second-order valence-electron chi connectivity index (χ2n) is 12.8. The van der Waals surface area contributed by atoms with Crippen molar-refractivity contribution in [3.05, 3.63) is 192 Å². The van der Waals surface area contributed by atoms with Crippen molar-refractivity contribution in [3.63, 3.8) is 0 Å². The monoisotopic (exact) mass is 638 g/mol. The number of hydrogen-bond donors (Lipinski definition) is 0. The van der Waals surface area contributed by atoms with Crippen LogP contribution >= 0.6 is 11.6 Å². The first kappa shape index (κ1) is 29.8. The molecule has 0 amide bonds. The standard InChI is InChI=1S/C45H35ClN2/c1-45(2)43-22-10-9-21-41(43)42-28-27-40(31-44(42)45)47(35-16-7-4-8-17-35)38-19-12-20-39(30-38)48(37-18-11-15-34(46)29-37)36-25-23-33(24-26-36)32-13-5-3-6-14-32/h3-31H,1-2H3.